The maximum atomic E-state index is 12.5. The van der Waals surface area contributed by atoms with Crippen LogP contribution in [0.3, 0.4) is 0 Å². The van der Waals surface area contributed by atoms with E-state index in [1.54, 1.807) is 42.3 Å². The van der Waals surface area contributed by atoms with Crippen LogP contribution in [0, 0.1) is 5.92 Å². The Bertz CT molecular complexity index is 692. The van der Waals surface area contributed by atoms with E-state index in [1.165, 1.54) is 12.8 Å². The quantitative estimate of drug-likeness (QED) is 0.781. The molecule has 1 amide bonds. The third kappa shape index (κ3) is 4.50. The Hall–Kier alpha value is -2.55. The molecule has 2 aromatic heterocycles. The van der Waals surface area contributed by atoms with Crippen molar-refractivity contribution in [1.29, 1.82) is 0 Å². The average Bonchev–Trinajstić information content (AvgIpc) is 3.11. The molecule has 0 aliphatic carbocycles. The summed E-state index contributed by atoms with van der Waals surface area (Å²) in [5.41, 5.74) is 1.22. The number of nitrogens with zero attached hydrogens (tertiary/aromatic N) is 6. The molecule has 9 nitrogen and oxygen atoms in total. The summed E-state index contributed by atoms with van der Waals surface area (Å²) >= 11 is 0. The molecule has 0 bridgehead atoms. The molecule has 0 aromatic carbocycles. The zero-order valence-electron chi connectivity index (χ0n) is 14.6. The van der Waals surface area contributed by atoms with E-state index in [-0.39, 0.29) is 5.91 Å². The van der Waals surface area contributed by atoms with E-state index in [9.17, 15) is 4.79 Å². The van der Waals surface area contributed by atoms with Gasteiger partial charge in [0.2, 0.25) is 5.95 Å². The number of rotatable bonds is 6. The molecule has 25 heavy (non-hydrogen) atoms. The first-order valence-corrected chi connectivity index (χ1v) is 8.50. The number of carbonyl (C=O) groups excluding carboxylic acids is 1. The number of aromatic nitrogens is 5. The lowest BCUT2D eigenvalue weighted by Gasteiger charge is -2.22. The number of anilines is 1. The highest BCUT2D eigenvalue weighted by Gasteiger charge is 2.19. The van der Waals surface area contributed by atoms with Gasteiger partial charge in [-0.1, -0.05) is 5.21 Å². The van der Waals surface area contributed by atoms with Gasteiger partial charge < -0.3 is 15.5 Å². The molecule has 9 heteroatoms. The minimum Gasteiger partial charge on any atom is -0.357 e. The van der Waals surface area contributed by atoms with Crippen molar-refractivity contribution in [3.05, 3.63) is 29.8 Å². The predicted octanol–water partition coefficient (Wildman–Crippen LogP) is 0.382. The lowest BCUT2D eigenvalue weighted by molar-refractivity contribution is 0.0779. The zero-order valence-corrected chi connectivity index (χ0v) is 14.6. The van der Waals surface area contributed by atoms with Gasteiger partial charge in [-0.05, 0) is 31.8 Å². The van der Waals surface area contributed by atoms with Crippen molar-refractivity contribution in [2.24, 2.45) is 5.92 Å². The van der Waals surface area contributed by atoms with Crippen LogP contribution in [-0.2, 0) is 13.1 Å². The van der Waals surface area contributed by atoms with E-state index < -0.39 is 0 Å². The van der Waals surface area contributed by atoms with Crippen molar-refractivity contribution >= 4 is 11.9 Å². The average molecular weight is 344 g/mol. The molecule has 1 aliphatic rings. The van der Waals surface area contributed by atoms with Gasteiger partial charge in [-0.15, -0.1) is 5.10 Å². The molecule has 0 unspecified atom stereocenters. The molecule has 1 saturated heterocycles. The minimum absolute atomic E-state index is 0.161. The van der Waals surface area contributed by atoms with Crippen molar-refractivity contribution in [3.8, 4) is 0 Å². The predicted molar refractivity (Wildman–Crippen MR) is 93.0 cm³/mol. The molecule has 2 N–H and O–H groups in total. The highest BCUT2D eigenvalue weighted by Crippen LogP contribution is 2.12. The summed E-state index contributed by atoms with van der Waals surface area (Å²) < 4.78 is 1.77. The third-order valence-electron chi connectivity index (χ3n) is 4.30. The molecule has 1 atom stereocenters. The van der Waals surface area contributed by atoms with Crippen LogP contribution < -0.4 is 10.6 Å². The minimum atomic E-state index is -0.161. The lowest BCUT2D eigenvalue weighted by Crippen LogP contribution is -2.32. The van der Waals surface area contributed by atoms with Crippen LogP contribution >= 0.6 is 0 Å². The van der Waals surface area contributed by atoms with Crippen molar-refractivity contribution in [3.63, 3.8) is 0 Å². The Kier molecular flexibility index (Phi) is 5.54. The fourth-order valence-electron chi connectivity index (χ4n) is 2.94. The highest BCUT2D eigenvalue weighted by molar-refractivity contribution is 5.91. The smallest absolute Gasteiger partial charge is 0.276 e. The highest BCUT2D eigenvalue weighted by atomic mass is 16.2. The molecule has 2 aromatic rings. The molecule has 0 saturated carbocycles. The molecule has 134 valence electrons. The summed E-state index contributed by atoms with van der Waals surface area (Å²) in [6, 6.07) is 0. The standard InChI is InChI=1S/C16H24N8O/c1-17-16-19-7-13(8-20-16)9-23(2)15(25)14-11-24(22-21-14)10-12-4-3-5-18-6-12/h7-8,11-12,18H,3-6,9-10H2,1-2H3,(H,17,19,20)/t12-/m0/s1. The second-order valence-corrected chi connectivity index (χ2v) is 6.36. The number of carbonyl (C=O) groups is 1. The number of nitrogens with one attached hydrogen (secondary N) is 2. The Morgan fingerprint density at radius 2 is 2.24 bits per heavy atom. The molecule has 1 fully saturated rings. The molecular weight excluding hydrogens is 320 g/mol. The van der Waals surface area contributed by atoms with Gasteiger partial charge in [0.1, 0.15) is 0 Å². The maximum Gasteiger partial charge on any atom is 0.276 e. The molecule has 1 aliphatic heterocycles. The van der Waals surface area contributed by atoms with E-state index in [0.29, 0.717) is 24.1 Å². The zero-order chi connectivity index (χ0) is 17.6. The maximum absolute atomic E-state index is 12.5. The summed E-state index contributed by atoms with van der Waals surface area (Å²) in [5, 5.41) is 14.4. The number of hydrogen-bond donors (Lipinski definition) is 2. The Balaban J connectivity index is 1.57. The number of hydrogen-bond acceptors (Lipinski definition) is 7. The molecular formula is C16H24N8O. The Labute approximate surface area is 146 Å². The fourth-order valence-corrected chi connectivity index (χ4v) is 2.94. The van der Waals surface area contributed by atoms with Gasteiger partial charge in [0.05, 0.1) is 6.20 Å². The van der Waals surface area contributed by atoms with Crippen LogP contribution in [0.5, 0.6) is 0 Å². The fraction of sp³-hybridized carbons (Fsp3) is 0.562. The largest absolute Gasteiger partial charge is 0.357 e. The van der Waals surface area contributed by atoms with E-state index in [4.69, 9.17) is 0 Å². The summed E-state index contributed by atoms with van der Waals surface area (Å²) in [6.07, 6.45) is 7.50. The van der Waals surface area contributed by atoms with Gasteiger partial charge in [0, 0.05) is 45.1 Å². The molecule has 3 rings (SSSR count). The normalized spacial score (nSPS) is 17.3. The van der Waals surface area contributed by atoms with Crippen LogP contribution in [0.25, 0.3) is 0 Å². The van der Waals surface area contributed by atoms with Crippen LogP contribution in [0.15, 0.2) is 18.6 Å². The van der Waals surface area contributed by atoms with Crippen LogP contribution in [0.1, 0.15) is 28.9 Å². The first kappa shape index (κ1) is 17.3. The SMILES string of the molecule is CNc1ncc(CN(C)C(=O)c2cn(C[C@H]3CCCNC3)nn2)cn1. The van der Waals surface area contributed by atoms with Crippen LogP contribution in [0.4, 0.5) is 5.95 Å². The van der Waals surface area contributed by atoms with Gasteiger partial charge in [-0.2, -0.15) is 0 Å². The van der Waals surface area contributed by atoms with Gasteiger partial charge in [0.25, 0.3) is 5.91 Å². The monoisotopic (exact) mass is 344 g/mol. The second-order valence-electron chi connectivity index (χ2n) is 6.36. The van der Waals surface area contributed by atoms with Crippen molar-refractivity contribution in [1.82, 2.24) is 35.2 Å². The van der Waals surface area contributed by atoms with E-state index in [2.05, 4.69) is 30.9 Å². The number of amides is 1. The van der Waals surface area contributed by atoms with Gasteiger partial charge >= 0.3 is 0 Å². The van der Waals surface area contributed by atoms with Gasteiger partial charge in [-0.3, -0.25) is 9.48 Å². The Morgan fingerprint density at radius 3 is 2.92 bits per heavy atom. The number of piperidine rings is 1. The first-order chi connectivity index (χ1) is 12.2. The first-order valence-electron chi connectivity index (χ1n) is 8.50. The molecule has 0 spiro atoms. The van der Waals surface area contributed by atoms with Gasteiger partial charge in [0.15, 0.2) is 5.69 Å². The van der Waals surface area contributed by atoms with E-state index >= 15 is 0 Å². The topological polar surface area (TPSA) is 101 Å². The van der Waals surface area contributed by atoms with Crippen molar-refractivity contribution < 1.29 is 4.79 Å². The summed E-state index contributed by atoms with van der Waals surface area (Å²) in [4.78, 5) is 22.4. The van der Waals surface area contributed by atoms with Crippen LogP contribution in [-0.4, -0.2) is 63.0 Å². The molecule has 0 radical (unpaired) electrons. The summed E-state index contributed by atoms with van der Waals surface area (Å²) in [5.74, 6) is 0.933. The second kappa shape index (κ2) is 8.02. The Morgan fingerprint density at radius 1 is 1.44 bits per heavy atom. The molecule has 3 heterocycles. The van der Waals surface area contributed by atoms with Crippen molar-refractivity contribution in [2.75, 3.05) is 32.5 Å². The van der Waals surface area contributed by atoms with E-state index in [1.807, 2.05) is 0 Å². The van der Waals surface area contributed by atoms with Crippen LogP contribution in [0.2, 0.25) is 0 Å². The van der Waals surface area contributed by atoms with Gasteiger partial charge in [-0.25, -0.2) is 9.97 Å². The summed E-state index contributed by atoms with van der Waals surface area (Å²) in [7, 11) is 3.50. The van der Waals surface area contributed by atoms with Crippen molar-refractivity contribution in [2.45, 2.75) is 25.9 Å². The summed E-state index contributed by atoms with van der Waals surface area (Å²) in [6.45, 7) is 3.28. The van der Waals surface area contributed by atoms with E-state index in [0.717, 1.165) is 25.2 Å². The third-order valence-corrected chi connectivity index (χ3v) is 4.30. The lowest BCUT2D eigenvalue weighted by atomic mass is 10.00.